The Balaban J connectivity index is 1.66. The maximum Gasteiger partial charge on any atom is 0.410 e. The second-order valence-corrected chi connectivity index (χ2v) is 6.37. The van der Waals surface area contributed by atoms with Crippen molar-refractivity contribution in [3.05, 3.63) is 16.6 Å². The fraction of sp³-hybridized carbons (Fsp3) is 0.667. The van der Waals surface area contributed by atoms with Gasteiger partial charge < -0.3 is 15.0 Å². The van der Waals surface area contributed by atoms with Crippen LogP contribution in [0.1, 0.15) is 25.8 Å². The van der Waals surface area contributed by atoms with Crippen molar-refractivity contribution < 1.29 is 9.53 Å². The molecule has 1 saturated heterocycles. The Labute approximate surface area is 111 Å². The summed E-state index contributed by atoms with van der Waals surface area (Å²) >= 11 is 1.64. The lowest BCUT2D eigenvalue weighted by molar-refractivity contribution is 0.00519. The highest BCUT2D eigenvalue weighted by Crippen LogP contribution is 2.15. The molecule has 0 bridgehead atoms. The van der Waals surface area contributed by atoms with Crippen molar-refractivity contribution in [2.75, 3.05) is 13.1 Å². The highest BCUT2D eigenvalue weighted by atomic mass is 32.1. The van der Waals surface area contributed by atoms with Gasteiger partial charge in [-0.3, -0.25) is 0 Å². The monoisotopic (exact) mass is 269 g/mol. The molecule has 1 fully saturated rings. The summed E-state index contributed by atoms with van der Waals surface area (Å²) in [6.45, 7) is 7.82. The van der Waals surface area contributed by atoms with E-state index in [1.165, 1.54) is 0 Å². The minimum absolute atomic E-state index is 0.227. The van der Waals surface area contributed by atoms with E-state index in [4.69, 9.17) is 4.74 Å². The van der Waals surface area contributed by atoms with Crippen molar-refractivity contribution >= 4 is 17.4 Å². The standard InChI is InChI=1S/C12H19N3O2S/c1-12(2,3)17-11(16)15-7-9(8-15)14-6-10-13-4-5-18-10/h4-5,9,14H,6-8H2,1-3H3. The fourth-order valence-corrected chi connectivity index (χ4v) is 2.22. The Morgan fingerprint density at radius 3 is 2.89 bits per heavy atom. The summed E-state index contributed by atoms with van der Waals surface area (Å²) in [5, 5.41) is 6.41. The SMILES string of the molecule is CC(C)(C)OC(=O)N1CC(NCc2nccs2)C1. The maximum atomic E-state index is 11.7. The average molecular weight is 269 g/mol. The van der Waals surface area contributed by atoms with Gasteiger partial charge in [0.25, 0.3) is 0 Å². The minimum atomic E-state index is -0.420. The van der Waals surface area contributed by atoms with Gasteiger partial charge in [0.05, 0.1) is 0 Å². The van der Waals surface area contributed by atoms with Gasteiger partial charge in [-0.25, -0.2) is 9.78 Å². The number of amides is 1. The van der Waals surface area contributed by atoms with E-state index in [-0.39, 0.29) is 6.09 Å². The van der Waals surface area contributed by atoms with E-state index < -0.39 is 5.60 Å². The number of carbonyl (C=O) groups is 1. The minimum Gasteiger partial charge on any atom is -0.444 e. The highest BCUT2D eigenvalue weighted by Gasteiger charge is 2.33. The van der Waals surface area contributed by atoms with E-state index in [2.05, 4.69) is 10.3 Å². The van der Waals surface area contributed by atoms with Crippen molar-refractivity contribution in [3.8, 4) is 0 Å². The molecular formula is C12H19N3O2S. The van der Waals surface area contributed by atoms with Crippen LogP contribution in [0.4, 0.5) is 4.79 Å². The lowest BCUT2D eigenvalue weighted by Gasteiger charge is -2.40. The van der Waals surface area contributed by atoms with Crippen LogP contribution in [0.25, 0.3) is 0 Å². The summed E-state index contributed by atoms with van der Waals surface area (Å²) in [7, 11) is 0. The van der Waals surface area contributed by atoms with Crippen LogP contribution in [0.5, 0.6) is 0 Å². The van der Waals surface area contributed by atoms with Crippen LogP contribution in [-0.4, -0.2) is 40.7 Å². The molecule has 0 aliphatic carbocycles. The van der Waals surface area contributed by atoms with Gasteiger partial charge in [0, 0.05) is 37.3 Å². The van der Waals surface area contributed by atoms with E-state index in [1.54, 1.807) is 22.4 Å². The molecule has 0 spiro atoms. The smallest absolute Gasteiger partial charge is 0.410 e. The number of likely N-dealkylation sites (tertiary alicyclic amines) is 1. The molecule has 0 atom stereocenters. The van der Waals surface area contributed by atoms with E-state index in [9.17, 15) is 4.79 Å². The first kappa shape index (κ1) is 13.3. The molecule has 1 aromatic rings. The van der Waals surface area contributed by atoms with Crippen LogP contribution in [-0.2, 0) is 11.3 Å². The van der Waals surface area contributed by atoms with Gasteiger partial charge in [-0.2, -0.15) is 0 Å². The number of carbonyl (C=O) groups excluding carboxylic acids is 1. The zero-order valence-electron chi connectivity index (χ0n) is 11.0. The third-order valence-electron chi connectivity index (χ3n) is 2.56. The zero-order chi connectivity index (χ0) is 13.2. The first-order chi connectivity index (χ1) is 8.44. The van der Waals surface area contributed by atoms with E-state index in [1.807, 2.05) is 26.2 Å². The number of nitrogens with one attached hydrogen (secondary N) is 1. The van der Waals surface area contributed by atoms with Gasteiger partial charge in [-0.05, 0) is 20.8 Å². The number of rotatable bonds is 3. The Morgan fingerprint density at radius 1 is 1.61 bits per heavy atom. The number of hydrogen-bond donors (Lipinski definition) is 1. The molecule has 2 heterocycles. The quantitative estimate of drug-likeness (QED) is 0.910. The average Bonchev–Trinajstić information content (AvgIpc) is 2.64. The number of ether oxygens (including phenoxy) is 1. The summed E-state index contributed by atoms with van der Waals surface area (Å²) in [4.78, 5) is 17.6. The van der Waals surface area contributed by atoms with Gasteiger partial charge in [0.1, 0.15) is 10.6 Å². The molecule has 5 nitrogen and oxygen atoms in total. The van der Waals surface area contributed by atoms with Gasteiger partial charge in [0.2, 0.25) is 0 Å². The molecule has 0 unspecified atom stereocenters. The molecule has 0 radical (unpaired) electrons. The molecular weight excluding hydrogens is 250 g/mol. The molecule has 0 saturated carbocycles. The third-order valence-corrected chi connectivity index (χ3v) is 3.34. The lowest BCUT2D eigenvalue weighted by Crippen LogP contribution is -2.60. The van der Waals surface area contributed by atoms with Crippen LogP contribution in [0, 0.1) is 0 Å². The van der Waals surface area contributed by atoms with Crippen LogP contribution in [0.15, 0.2) is 11.6 Å². The zero-order valence-corrected chi connectivity index (χ0v) is 11.8. The Bertz CT molecular complexity index is 394. The van der Waals surface area contributed by atoms with Crippen LogP contribution in [0.3, 0.4) is 0 Å². The number of thiazole rings is 1. The van der Waals surface area contributed by atoms with Crippen LogP contribution in [0.2, 0.25) is 0 Å². The maximum absolute atomic E-state index is 11.7. The topological polar surface area (TPSA) is 54.5 Å². The predicted molar refractivity (Wildman–Crippen MR) is 70.5 cm³/mol. The van der Waals surface area contributed by atoms with Gasteiger partial charge in [-0.15, -0.1) is 11.3 Å². The van der Waals surface area contributed by atoms with Crippen LogP contribution >= 0.6 is 11.3 Å². The molecule has 2 rings (SSSR count). The Morgan fingerprint density at radius 2 is 2.33 bits per heavy atom. The van der Waals surface area contributed by atoms with Crippen molar-refractivity contribution in [2.45, 2.75) is 39.0 Å². The summed E-state index contributed by atoms with van der Waals surface area (Å²) < 4.78 is 5.29. The summed E-state index contributed by atoms with van der Waals surface area (Å²) in [5.41, 5.74) is -0.420. The van der Waals surface area contributed by atoms with Gasteiger partial charge >= 0.3 is 6.09 Å². The number of hydrogen-bond acceptors (Lipinski definition) is 5. The first-order valence-corrected chi connectivity index (χ1v) is 6.92. The molecule has 1 aliphatic rings. The van der Waals surface area contributed by atoms with Crippen molar-refractivity contribution in [3.63, 3.8) is 0 Å². The molecule has 1 aliphatic heterocycles. The van der Waals surface area contributed by atoms with E-state index in [0.717, 1.165) is 11.6 Å². The molecule has 18 heavy (non-hydrogen) atoms. The number of nitrogens with zero attached hydrogens (tertiary/aromatic N) is 2. The summed E-state index contributed by atoms with van der Waals surface area (Å²) in [6.07, 6.45) is 1.57. The summed E-state index contributed by atoms with van der Waals surface area (Å²) in [5.74, 6) is 0. The van der Waals surface area contributed by atoms with E-state index in [0.29, 0.717) is 19.1 Å². The normalized spacial score (nSPS) is 16.5. The highest BCUT2D eigenvalue weighted by molar-refractivity contribution is 7.09. The number of aromatic nitrogens is 1. The van der Waals surface area contributed by atoms with Gasteiger partial charge in [0.15, 0.2) is 0 Å². The van der Waals surface area contributed by atoms with Crippen LogP contribution < -0.4 is 5.32 Å². The molecule has 1 amide bonds. The predicted octanol–water partition coefficient (Wildman–Crippen LogP) is 1.85. The van der Waals surface area contributed by atoms with Crippen molar-refractivity contribution in [1.29, 1.82) is 0 Å². The summed E-state index contributed by atoms with van der Waals surface area (Å²) in [6, 6.07) is 0.349. The second-order valence-electron chi connectivity index (χ2n) is 5.39. The molecule has 0 aromatic carbocycles. The second kappa shape index (κ2) is 5.24. The van der Waals surface area contributed by atoms with Crippen molar-refractivity contribution in [1.82, 2.24) is 15.2 Å². The molecule has 6 heteroatoms. The Kier molecular flexibility index (Phi) is 3.87. The Hall–Kier alpha value is -1.14. The van der Waals surface area contributed by atoms with Crippen molar-refractivity contribution in [2.24, 2.45) is 0 Å². The first-order valence-electron chi connectivity index (χ1n) is 6.04. The fourth-order valence-electron chi connectivity index (χ4n) is 1.66. The molecule has 1 N–H and O–H groups in total. The van der Waals surface area contributed by atoms with E-state index >= 15 is 0 Å². The molecule has 100 valence electrons. The largest absolute Gasteiger partial charge is 0.444 e. The molecule has 1 aromatic heterocycles. The van der Waals surface area contributed by atoms with Gasteiger partial charge in [-0.1, -0.05) is 0 Å². The lowest BCUT2D eigenvalue weighted by atomic mass is 10.1. The third kappa shape index (κ3) is 3.68.